The summed E-state index contributed by atoms with van der Waals surface area (Å²) in [5.41, 5.74) is 1.31. The first-order chi connectivity index (χ1) is 9.43. The number of rotatable bonds is 13. The van der Waals surface area contributed by atoms with Gasteiger partial charge in [0.15, 0.2) is 0 Å². The molecule has 1 aliphatic rings. The molecule has 0 atom stereocenters. The summed E-state index contributed by atoms with van der Waals surface area (Å²) in [5.74, 6) is 0. The minimum atomic E-state index is 0.363. The third-order valence-electron chi connectivity index (χ3n) is 3.80. The summed E-state index contributed by atoms with van der Waals surface area (Å²) in [6.45, 7) is 1.27. The van der Waals surface area contributed by atoms with E-state index in [-0.39, 0.29) is 0 Å². The van der Waals surface area contributed by atoms with Crippen molar-refractivity contribution in [1.29, 1.82) is 0 Å². The number of unbranched alkanes of at least 4 members (excludes halogenated alkanes) is 10. The number of aliphatic hydroxyl groups excluding tert-OH is 1. The van der Waals surface area contributed by atoms with Crippen LogP contribution in [0.15, 0.2) is 17.1 Å². The highest BCUT2D eigenvalue weighted by molar-refractivity contribution is 5.96. The van der Waals surface area contributed by atoms with E-state index in [4.69, 9.17) is 5.11 Å². The lowest BCUT2D eigenvalue weighted by Gasteiger charge is -2.02. The van der Waals surface area contributed by atoms with Gasteiger partial charge in [-0.1, -0.05) is 63.9 Å². The molecule has 0 saturated carbocycles. The second-order valence-electron chi connectivity index (χ2n) is 5.60. The second-order valence-corrected chi connectivity index (χ2v) is 5.60. The van der Waals surface area contributed by atoms with Crippen LogP contribution in [0.2, 0.25) is 0 Å². The normalized spacial score (nSPS) is 14.1. The molecule has 110 valence electrons. The monoisotopic (exact) mass is 265 g/mol. The lowest BCUT2D eigenvalue weighted by Crippen LogP contribution is -1.90. The maximum Gasteiger partial charge on any atom is 0.0577 e. The summed E-state index contributed by atoms with van der Waals surface area (Å²) in [5, 5.41) is 8.67. The van der Waals surface area contributed by atoms with Crippen LogP contribution in [0.1, 0.15) is 77.0 Å². The Balaban J connectivity index is 1.70. The van der Waals surface area contributed by atoms with E-state index >= 15 is 0 Å². The maximum absolute atomic E-state index is 8.67. The molecule has 0 unspecified atom stereocenters. The Morgan fingerprint density at radius 3 is 1.79 bits per heavy atom. The van der Waals surface area contributed by atoms with Crippen molar-refractivity contribution in [3.8, 4) is 0 Å². The Hall–Kier alpha value is -0.630. The Morgan fingerprint density at radius 1 is 0.789 bits per heavy atom. The van der Waals surface area contributed by atoms with Crippen molar-refractivity contribution in [2.45, 2.75) is 77.0 Å². The Labute approximate surface area is 119 Å². The van der Waals surface area contributed by atoms with Crippen molar-refractivity contribution in [3.05, 3.63) is 12.2 Å². The molecule has 19 heavy (non-hydrogen) atoms. The van der Waals surface area contributed by atoms with Crippen molar-refractivity contribution < 1.29 is 5.11 Å². The van der Waals surface area contributed by atoms with Gasteiger partial charge in [-0.25, -0.2) is 0 Å². The zero-order chi connectivity index (χ0) is 13.6. The third kappa shape index (κ3) is 9.89. The molecule has 0 spiro atoms. The Bertz CT molecular complexity index is 258. The Kier molecular flexibility index (Phi) is 10.7. The van der Waals surface area contributed by atoms with E-state index in [0.29, 0.717) is 6.61 Å². The summed E-state index contributed by atoms with van der Waals surface area (Å²) >= 11 is 0. The predicted molar refractivity (Wildman–Crippen MR) is 83.9 cm³/mol. The lowest BCUT2D eigenvalue weighted by atomic mass is 10.0. The van der Waals surface area contributed by atoms with Gasteiger partial charge in [0.05, 0.1) is 6.54 Å². The van der Waals surface area contributed by atoms with E-state index < -0.39 is 0 Å². The van der Waals surface area contributed by atoms with Gasteiger partial charge in [-0.3, -0.25) is 4.99 Å². The molecular formula is C17H31NO. The molecule has 0 fully saturated rings. The van der Waals surface area contributed by atoms with Gasteiger partial charge in [-0.15, -0.1) is 0 Å². The van der Waals surface area contributed by atoms with Gasteiger partial charge >= 0.3 is 0 Å². The Morgan fingerprint density at radius 2 is 1.32 bits per heavy atom. The second kappa shape index (κ2) is 12.4. The number of hydrogen-bond donors (Lipinski definition) is 1. The topological polar surface area (TPSA) is 32.6 Å². The summed E-state index contributed by atoms with van der Waals surface area (Å²) in [6, 6.07) is 0. The molecule has 2 heteroatoms. The van der Waals surface area contributed by atoms with Crippen molar-refractivity contribution in [1.82, 2.24) is 0 Å². The summed E-state index contributed by atoms with van der Waals surface area (Å²) in [6.07, 6.45) is 20.0. The maximum atomic E-state index is 8.67. The minimum Gasteiger partial charge on any atom is -0.396 e. The van der Waals surface area contributed by atoms with E-state index in [1.54, 1.807) is 0 Å². The molecule has 1 aliphatic heterocycles. The van der Waals surface area contributed by atoms with E-state index in [0.717, 1.165) is 13.0 Å². The van der Waals surface area contributed by atoms with Crippen molar-refractivity contribution in [3.63, 3.8) is 0 Å². The van der Waals surface area contributed by atoms with E-state index in [1.165, 1.54) is 76.3 Å². The van der Waals surface area contributed by atoms with Crippen LogP contribution in [0.5, 0.6) is 0 Å². The lowest BCUT2D eigenvalue weighted by molar-refractivity contribution is 0.282. The van der Waals surface area contributed by atoms with Crippen LogP contribution in [0, 0.1) is 0 Å². The first kappa shape index (κ1) is 16.4. The van der Waals surface area contributed by atoms with Gasteiger partial charge in [0.25, 0.3) is 0 Å². The molecule has 2 nitrogen and oxygen atoms in total. The van der Waals surface area contributed by atoms with Crippen molar-refractivity contribution >= 4 is 5.71 Å². The number of aliphatic imine (C=N–C) groups is 1. The zero-order valence-electron chi connectivity index (χ0n) is 12.4. The molecular weight excluding hydrogens is 234 g/mol. The molecule has 1 heterocycles. The van der Waals surface area contributed by atoms with Crippen LogP contribution < -0.4 is 0 Å². The molecule has 0 bridgehead atoms. The third-order valence-corrected chi connectivity index (χ3v) is 3.80. The fourth-order valence-corrected chi connectivity index (χ4v) is 2.58. The summed E-state index contributed by atoms with van der Waals surface area (Å²) in [7, 11) is 0. The molecule has 1 rings (SSSR count). The SMILES string of the molecule is OCCCCCCCCCCCCCC1=NCC=C1. The van der Waals surface area contributed by atoms with Crippen LogP contribution in [0.4, 0.5) is 0 Å². The van der Waals surface area contributed by atoms with Gasteiger partial charge in [0, 0.05) is 12.3 Å². The van der Waals surface area contributed by atoms with Crippen LogP contribution in [0.3, 0.4) is 0 Å². The van der Waals surface area contributed by atoms with Crippen molar-refractivity contribution in [2.75, 3.05) is 13.2 Å². The molecule has 0 aromatic heterocycles. The van der Waals surface area contributed by atoms with Crippen LogP contribution >= 0.6 is 0 Å². The average Bonchev–Trinajstić information content (AvgIpc) is 2.93. The summed E-state index contributed by atoms with van der Waals surface area (Å²) in [4.78, 5) is 4.41. The summed E-state index contributed by atoms with van der Waals surface area (Å²) < 4.78 is 0. The molecule has 0 radical (unpaired) electrons. The highest BCUT2D eigenvalue weighted by Gasteiger charge is 1.99. The first-order valence-corrected chi connectivity index (χ1v) is 8.24. The van der Waals surface area contributed by atoms with Crippen LogP contribution in [0.25, 0.3) is 0 Å². The van der Waals surface area contributed by atoms with Gasteiger partial charge in [0.1, 0.15) is 0 Å². The number of nitrogens with zero attached hydrogens (tertiary/aromatic N) is 1. The van der Waals surface area contributed by atoms with Gasteiger partial charge in [-0.2, -0.15) is 0 Å². The predicted octanol–water partition coefficient (Wildman–Crippen LogP) is 4.67. The van der Waals surface area contributed by atoms with E-state index in [1.807, 2.05) is 0 Å². The minimum absolute atomic E-state index is 0.363. The quantitative estimate of drug-likeness (QED) is 0.482. The largest absolute Gasteiger partial charge is 0.396 e. The number of allylic oxidation sites excluding steroid dienone is 1. The van der Waals surface area contributed by atoms with Gasteiger partial charge in [0.2, 0.25) is 0 Å². The van der Waals surface area contributed by atoms with E-state index in [2.05, 4.69) is 17.1 Å². The average molecular weight is 265 g/mol. The van der Waals surface area contributed by atoms with E-state index in [9.17, 15) is 0 Å². The standard InChI is InChI=1S/C17H31NO/c19-16-11-9-7-5-3-1-2-4-6-8-10-13-17-14-12-15-18-17/h12,14,19H,1-11,13,15-16H2. The number of hydrogen-bond acceptors (Lipinski definition) is 2. The van der Waals surface area contributed by atoms with Crippen LogP contribution in [-0.2, 0) is 0 Å². The highest BCUT2D eigenvalue weighted by Crippen LogP contribution is 2.12. The van der Waals surface area contributed by atoms with Crippen molar-refractivity contribution in [2.24, 2.45) is 4.99 Å². The molecule has 1 N–H and O–H groups in total. The highest BCUT2D eigenvalue weighted by atomic mass is 16.2. The molecule has 0 aromatic carbocycles. The van der Waals surface area contributed by atoms with Gasteiger partial charge in [-0.05, 0) is 25.3 Å². The molecule has 0 saturated heterocycles. The first-order valence-electron chi connectivity index (χ1n) is 8.24. The molecule has 0 amide bonds. The number of aliphatic hydroxyl groups is 1. The molecule has 0 aromatic rings. The van der Waals surface area contributed by atoms with Crippen LogP contribution in [-0.4, -0.2) is 24.0 Å². The fourth-order valence-electron chi connectivity index (χ4n) is 2.58. The smallest absolute Gasteiger partial charge is 0.0577 e. The molecule has 0 aliphatic carbocycles. The fraction of sp³-hybridized carbons (Fsp3) is 0.824. The zero-order valence-corrected chi connectivity index (χ0v) is 12.4. The van der Waals surface area contributed by atoms with Gasteiger partial charge < -0.3 is 5.11 Å².